The lowest BCUT2D eigenvalue weighted by molar-refractivity contribution is -0.0776. The highest BCUT2D eigenvalue weighted by Crippen LogP contribution is 2.22. The van der Waals surface area contributed by atoms with E-state index in [4.69, 9.17) is 4.74 Å². The maximum absolute atomic E-state index is 13.2. The van der Waals surface area contributed by atoms with Crippen molar-refractivity contribution in [3.05, 3.63) is 29.8 Å². The van der Waals surface area contributed by atoms with Crippen molar-refractivity contribution in [3.63, 3.8) is 0 Å². The Labute approximate surface area is 130 Å². The fourth-order valence-electron chi connectivity index (χ4n) is 3.41. The second-order valence-corrected chi connectivity index (χ2v) is 6.01. The summed E-state index contributed by atoms with van der Waals surface area (Å²) in [6.45, 7) is 5.78. The van der Waals surface area contributed by atoms with E-state index in [0.29, 0.717) is 31.3 Å². The van der Waals surface area contributed by atoms with Gasteiger partial charge in [0.25, 0.3) is 5.91 Å². The Morgan fingerprint density at radius 2 is 2.27 bits per heavy atom. The first-order valence-electron chi connectivity index (χ1n) is 7.92. The van der Waals surface area contributed by atoms with Crippen molar-refractivity contribution in [3.8, 4) is 0 Å². The fraction of sp³-hybridized carbons (Fsp3) is 0.625. The van der Waals surface area contributed by atoms with Crippen LogP contribution in [0.5, 0.6) is 0 Å². The van der Waals surface area contributed by atoms with Gasteiger partial charge in [-0.1, -0.05) is 13.3 Å². The molecule has 5 nitrogen and oxygen atoms in total. The molecule has 22 heavy (non-hydrogen) atoms. The molecule has 3 rings (SSSR count). The highest BCUT2D eigenvalue weighted by Gasteiger charge is 2.36. The number of hydrogen-bond acceptors (Lipinski definition) is 4. The molecule has 0 spiro atoms. The highest BCUT2D eigenvalue weighted by atomic mass is 19.1. The molecule has 1 aromatic heterocycles. The lowest BCUT2D eigenvalue weighted by atomic mass is 10.0. The smallest absolute Gasteiger partial charge is 0.255 e. The maximum atomic E-state index is 13.2. The number of carbonyl (C=O) groups excluding carboxylic acids is 1. The van der Waals surface area contributed by atoms with Gasteiger partial charge >= 0.3 is 0 Å². The Morgan fingerprint density at radius 1 is 1.41 bits per heavy atom. The minimum atomic E-state index is -0.478. The predicted molar refractivity (Wildman–Crippen MR) is 80.1 cm³/mol. The molecule has 2 aliphatic heterocycles. The van der Waals surface area contributed by atoms with Crippen LogP contribution < -0.4 is 0 Å². The van der Waals surface area contributed by atoms with Crippen molar-refractivity contribution in [1.29, 1.82) is 0 Å². The molecular weight excluding hydrogens is 285 g/mol. The zero-order chi connectivity index (χ0) is 15.5. The molecule has 2 aliphatic rings. The van der Waals surface area contributed by atoms with Gasteiger partial charge in [-0.3, -0.25) is 14.7 Å². The molecule has 1 aromatic rings. The second-order valence-electron chi connectivity index (χ2n) is 6.01. The van der Waals surface area contributed by atoms with E-state index < -0.39 is 5.82 Å². The number of fused-ring (bicyclic) bond motifs is 1. The molecule has 2 fully saturated rings. The number of carbonyl (C=O) groups is 1. The van der Waals surface area contributed by atoms with Gasteiger partial charge in [0.15, 0.2) is 0 Å². The van der Waals surface area contributed by atoms with Crippen LogP contribution in [-0.4, -0.2) is 65.6 Å². The van der Waals surface area contributed by atoms with Gasteiger partial charge in [-0.15, -0.1) is 0 Å². The normalized spacial score (nSPS) is 25.8. The van der Waals surface area contributed by atoms with Crippen molar-refractivity contribution in [2.45, 2.75) is 31.8 Å². The van der Waals surface area contributed by atoms with Crippen molar-refractivity contribution in [2.75, 3.05) is 32.8 Å². The molecule has 0 N–H and O–H groups in total. The topological polar surface area (TPSA) is 45.7 Å². The Kier molecular flexibility index (Phi) is 4.69. The highest BCUT2D eigenvalue weighted by molar-refractivity contribution is 5.94. The number of hydrogen-bond donors (Lipinski definition) is 0. The summed E-state index contributed by atoms with van der Waals surface area (Å²) in [5.41, 5.74) is 0.315. The minimum absolute atomic E-state index is 0.149. The first-order valence-corrected chi connectivity index (χ1v) is 7.92. The van der Waals surface area contributed by atoms with Crippen LogP contribution in [0.4, 0.5) is 4.39 Å². The maximum Gasteiger partial charge on any atom is 0.255 e. The van der Waals surface area contributed by atoms with Crippen LogP contribution in [0.15, 0.2) is 18.5 Å². The lowest BCUT2D eigenvalue weighted by Gasteiger charge is -2.48. The average molecular weight is 307 g/mol. The van der Waals surface area contributed by atoms with Crippen molar-refractivity contribution >= 4 is 5.91 Å². The van der Waals surface area contributed by atoms with E-state index in [1.807, 2.05) is 0 Å². The van der Waals surface area contributed by atoms with Crippen LogP contribution in [0.2, 0.25) is 0 Å². The monoisotopic (exact) mass is 307 g/mol. The zero-order valence-corrected chi connectivity index (χ0v) is 12.9. The van der Waals surface area contributed by atoms with Crippen LogP contribution >= 0.6 is 0 Å². The van der Waals surface area contributed by atoms with Gasteiger partial charge in [-0.05, 0) is 12.5 Å². The van der Waals surface area contributed by atoms with E-state index in [0.717, 1.165) is 32.2 Å². The summed E-state index contributed by atoms with van der Waals surface area (Å²) in [6, 6.07) is 1.94. The van der Waals surface area contributed by atoms with Gasteiger partial charge in [0.05, 0.1) is 31.0 Å². The molecule has 0 radical (unpaired) electrons. The Bertz CT molecular complexity index is 538. The third kappa shape index (κ3) is 3.13. The Hall–Kier alpha value is -1.53. The third-order valence-corrected chi connectivity index (χ3v) is 4.48. The molecule has 0 bridgehead atoms. The SMILES string of the molecule is CCC[C@H]1COC[C@H]2CN(C(=O)c3cncc(F)c3)CCN12. The van der Waals surface area contributed by atoms with Crippen LogP contribution in [0.25, 0.3) is 0 Å². The number of pyridine rings is 1. The summed E-state index contributed by atoms with van der Waals surface area (Å²) in [5.74, 6) is -0.627. The van der Waals surface area contributed by atoms with Crippen molar-refractivity contribution in [2.24, 2.45) is 0 Å². The minimum Gasteiger partial charge on any atom is -0.378 e. The van der Waals surface area contributed by atoms with Gasteiger partial charge in [0, 0.05) is 31.9 Å². The molecular formula is C16H22FN3O2. The fourth-order valence-corrected chi connectivity index (χ4v) is 3.41. The molecule has 0 unspecified atom stereocenters. The summed E-state index contributed by atoms with van der Waals surface area (Å²) in [4.78, 5) is 20.5. The van der Waals surface area contributed by atoms with E-state index in [1.165, 1.54) is 12.3 Å². The number of ether oxygens (including phenoxy) is 1. The zero-order valence-electron chi connectivity index (χ0n) is 12.9. The number of halogens is 1. The molecule has 0 saturated carbocycles. The van der Waals surface area contributed by atoms with E-state index in [-0.39, 0.29) is 11.9 Å². The number of nitrogens with zero attached hydrogens (tertiary/aromatic N) is 3. The quantitative estimate of drug-likeness (QED) is 0.850. The van der Waals surface area contributed by atoms with Crippen LogP contribution in [0, 0.1) is 5.82 Å². The molecule has 0 aliphatic carbocycles. The predicted octanol–water partition coefficient (Wildman–Crippen LogP) is 1.55. The van der Waals surface area contributed by atoms with E-state index in [2.05, 4.69) is 16.8 Å². The van der Waals surface area contributed by atoms with Crippen molar-refractivity contribution in [1.82, 2.24) is 14.8 Å². The van der Waals surface area contributed by atoms with Gasteiger partial charge in [0.1, 0.15) is 5.82 Å². The van der Waals surface area contributed by atoms with E-state index >= 15 is 0 Å². The summed E-state index contributed by atoms with van der Waals surface area (Å²) in [7, 11) is 0. The summed E-state index contributed by atoms with van der Waals surface area (Å²) < 4.78 is 18.9. The third-order valence-electron chi connectivity index (χ3n) is 4.48. The Balaban J connectivity index is 1.68. The molecule has 6 heteroatoms. The Morgan fingerprint density at radius 3 is 3.05 bits per heavy atom. The summed E-state index contributed by atoms with van der Waals surface area (Å²) in [5, 5.41) is 0. The van der Waals surface area contributed by atoms with Gasteiger partial charge < -0.3 is 9.64 Å². The molecule has 120 valence electrons. The van der Waals surface area contributed by atoms with E-state index in [1.54, 1.807) is 4.90 Å². The second kappa shape index (κ2) is 6.71. The largest absolute Gasteiger partial charge is 0.378 e. The first-order chi connectivity index (χ1) is 10.7. The standard InChI is InChI=1S/C16H22FN3O2/c1-2-3-14-10-22-11-15-9-19(4-5-20(14)15)16(21)12-6-13(17)8-18-7-12/h6-8,14-15H,2-5,9-11H2,1H3/t14-,15+/m0/s1. The molecule has 2 saturated heterocycles. The van der Waals surface area contributed by atoms with Gasteiger partial charge in [-0.25, -0.2) is 4.39 Å². The summed E-state index contributed by atoms with van der Waals surface area (Å²) in [6.07, 6.45) is 4.79. The first kappa shape index (κ1) is 15.4. The molecule has 0 aromatic carbocycles. The molecule has 1 amide bonds. The van der Waals surface area contributed by atoms with Gasteiger partial charge in [-0.2, -0.15) is 0 Å². The van der Waals surface area contributed by atoms with Crippen molar-refractivity contribution < 1.29 is 13.9 Å². The number of amides is 1. The lowest BCUT2D eigenvalue weighted by Crippen LogP contribution is -2.62. The van der Waals surface area contributed by atoms with Gasteiger partial charge in [0.2, 0.25) is 0 Å². The number of rotatable bonds is 3. The van der Waals surface area contributed by atoms with E-state index in [9.17, 15) is 9.18 Å². The summed E-state index contributed by atoms with van der Waals surface area (Å²) >= 11 is 0. The molecule has 2 atom stereocenters. The molecule has 3 heterocycles. The van der Waals surface area contributed by atoms with Crippen LogP contribution in [-0.2, 0) is 4.74 Å². The number of morpholine rings is 1. The van der Waals surface area contributed by atoms with Crippen LogP contribution in [0.3, 0.4) is 0 Å². The number of aromatic nitrogens is 1. The average Bonchev–Trinajstić information content (AvgIpc) is 2.54. The van der Waals surface area contributed by atoms with Crippen LogP contribution in [0.1, 0.15) is 30.1 Å². The number of piperazine rings is 1.